The van der Waals surface area contributed by atoms with Crippen LogP contribution >= 0.6 is 0 Å². The van der Waals surface area contributed by atoms with Crippen LogP contribution in [0.1, 0.15) is 59.8 Å². The summed E-state index contributed by atoms with van der Waals surface area (Å²) in [4.78, 5) is 10.7. The molecule has 4 heteroatoms. The van der Waals surface area contributed by atoms with E-state index in [0.717, 1.165) is 31.1 Å². The van der Waals surface area contributed by atoms with E-state index in [9.17, 15) is 9.90 Å². The van der Waals surface area contributed by atoms with E-state index in [-0.39, 0.29) is 5.04 Å². The van der Waals surface area contributed by atoms with Gasteiger partial charge in [0.25, 0.3) is 8.32 Å². The van der Waals surface area contributed by atoms with Crippen LogP contribution in [0.3, 0.4) is 0 Å². The molecule has 0 spiro atoms. The van der Waals surface area contributed by atoms with Gasteiger partial charge in [-0.2, -0.15) is 0 Å². The van der Waals surface area contributed by atoms with Gasteiger partial charge in [0, 0.05) is 6.61 Å². The minimum absolute atomic E-state index is 0.0123. The number of aldehydes is 1. The average Bonchev–Trinajstić information content (AvgIpc) is 2.77. The van der Waals surface area contributed by atoms with Crippen molar-refractivity contribution in [3.05, 3.63) is 72.3 Å². The van der Waals surface area contributed by atoms with Crippen molar-refractivity contribution < 1.29 is 14.3 Å². The van der Waals surface area contributed by atoms with E-state index < -0.39 is 14.4 Å². The normalized spacial score (nSPS) is 13.8. The Morgan fingerprint density at radius 2 is 1.52 bits per heavy atom. The molecule has 0 aromatic heterocycles. The van der Waals surface area contributed by atoms with Crippen LogP contribution in [-0.2, 0) is 9.22 Å². The smallest absolute Gasteiger partial charge is 0.261 e. The largest absolute Gasteiger partial charge is 0.407 e. The zero-order valence-electron chi connectivity index (χ0n) is 19.5. The Hall–Kier alpha value is -2.01. The van der Waals surface area contributed by atoms with Gasteiger partial charge in [0.2, 0.25) is 0 Å². The molecule has 0 amide bonds. The molecule has 0 heterocycles. The van der Waals surface area contributed by atoms with Crippen molar-refractivity contribution in [1.82, 2.24) is 0 Å². The quantitative estimate of drug-likeness (QED) is 0.219. The van der Waals surface area contributed by atoms with Crippen LogP contribution in [0.2, 0.25) is 5.04 Å². The molecule has 0 aliphatic rings. The molecule has 1 N–H and O–H groups in total. The summed E-state index contributed by atoms with van der Waals surface area (Å²) in [6, 6.07) is 21.4. The van der Waals surface area contributed by atoms with Gasteiger partial charge in [-0.3, -0.25) is 4.79 Å². The maximum absolute atomic E-state index is 10.7. The zero-order chi connectivity index (χ0) is 22.7. The van der Waals surface area contributed by atoms with Crippen LogP contribution in [0.4, 0.5) is 0 Å². The number of hydrogen-bond donors (Lipinski definition) is 1. The Morgan fingerprint density at radius 1 is 0.968 bits per heavy atom. The molecule has 31 heavy (non-hydrogen) atoms. The van der Waals surface area contributed by atoms with E-state index in [2.05, 4.69) is 81.4 Å². The van der Waals surface area contributed by atoms with Crippen LogP contribution in [0.25, 0.3) is 0 Å². The fourth-order valence-corrected chi connectivity index (χ4v) is 8.95. The van der Waals surface area contributed by atoms with Gasteiger partial charge in [-0.1, -0.05) is 101 Å². The first-order valence-electron chi connectivity index (χ1n) is 11.4. The van der Waals surface area contributed by atoms with E-state index in [0.29, 0.717) is 19.4 Å². The van der Waals surface area contributed by atoms with Crippen molar-refractivity contribution in [2.75, 3.05) is 6.61 Å². The molecule has 0 saturated carbocycles. The lowest BCUT2D eigenvalue weighted by Gasteiger charge is -2.43. The Morgan fingerprint density at radius 3 is 1.97 bits per heavy atom. The highest BCUT2D eigenvalue weighted by Crippen LogP contribution is 2.36. The van der Waals surface area contributed by atoms with Gasteiger partial charge < -0.3 is 9.53 Å². The Balaban J connectivity index is 2.08. The summed E-state index contributed by atoms with van der Waals surface area (Å²) in [5.41, 5.74) is 0.818. The van der Waals surface area contributed by atoms with Crippen molar-refractivity contribution in [2.24, 2.45) is 0 Å². The summed E-state index contributed by atoms with van der Waals surface area (Å²) in [6.45, 7) is 9.55. The molecular formula is C27H38O3Si. The maximum Gasteiger partial charge on any atom is 0.261 e. The fraction of sp³-hybridized carbons (Fsp3) is 0.444. The molecule has 3 nitrogen and oxygen atoms in total. The average molecular weight is 439 g/mol. The standard InChI is InChI=1S/C27H38O3Si/c1-5-23(20-21-28)26(29)19-13-8-14-22-30-31(27(2,3)4,24-15-9-6-10-16-24)25-17-11-7-12-18-25/h6-7,9-12,15-18,20-21,26,29H,5,8,13-14,19,22H2,1-4H3/b23-20-. The van der Waals surface area contributed by atoms with Gasteiger partial charge in [-0.25, -0.2) is 0 Å². The van der Waals surface area contributed by atoms with E-state index in [4.69, 9.17) is 4.43 Å². The molecular weight excluding hydrogens is 400 g/mol. The molecule has 2 aromatic rings. The van der Waals surface area contributed by atoms with E-state index in [1.165, 1.54) is 16.4 Å². The first-order valence-corrected chi connectivity index (χ1v) is 13.3. The molecule has 0 aliphatic carbocycles. The maximum atomic E-state index is 10.7. The van der Waals surface area contributed by atoms with E-state index in [1.807, 2.05) is 6.92 Å². The van der Waals surface area contributed by atoms with Crippen LogP contribution in [0.5, 0.6) is 0 Å². The highest BCUT2D eigenvalue weighted by molar-refractivity contribution is 6.99. The number of benzene rings is 2. The second-order valence-corrected chi connectivity index (χ2v) is 13.4. The van der Waals surface area contributed by atoms with Crippen LogP contribution < -0.4 is 10.4 Å². The molecule has 1 atom stereocenters. The fourth-order valence-electron chi connectivity index (χ4n) is 4.34. The van der Waals surface area contributed by atoms with Gasteiger partial charge in [0.1, 0.15) is 6.29 Å². The monoisotopic (exact) mass is 438 g/mol. The summed E-state index contributed by atoms with van der Waals surface area (Å²) >= 11 is 0. The molecule has 0 fully saturated rings. The van der Waals surface area contributed by atoms with Gasteiger partial charge in [-0.15, -0.1) is 0 Å². The van der Waals surface area contributed by atoms with Gasteiger partial charge >= 0.3 is 0 Å². The third kappa shape index (κ3) is 6.48. The topological polar surface area (TPSA) is 46.5 Å². The lowest BCUT2D eigenvalue weighted by Crippen LogP contribution is -2.66. The summed E-state index contributed by atoms with van der Waals surface area (Å²) in [5.74, 6) is 0. The summed E-state index contributed by atoms with van der Waals surface area (Å²) in [7, 11) is -2.46. The summed E-state index contributed by atoms with van der Waals surface area (Å²) in [5, 5.41) is 12.9. The van der Waals surface area contributed by atoms with Crippen molar-refractivity contribution in [3.8, 4) is 0 Å². The Bertz CT molecular complexity index is 770. The first kappa shape index (κ1) is 25.2. The molecule has 1 unspecified atom stereocenters. The number of allylic oxidation sites excluding steroid dienone is 1. The van der Waals surface area contributed by atoms with E-state index in [1.54, 1.807) is 0 Å². The number of carbonyl (C=O) groups excluding carboxylic acids is 1. The lowest BCUT2D eigenvalue weighted by molar-refractivity contribution is -0.104. The number of unbranched alkanes of at least 4 members (excludes halogenated alkanes) is 2. The summed E-state index contributed by atoms with van der Waals surface area (Å²) in [6.07, 6.45) is 6.00. The number of aliphatic hydroxyl groups excluding tert-OH is 1. The minimum Gasteiger partial charge on any atom is -0.407 e. The Kier molecular flexibility index (Phi) is 9.88. The molecule has 0 radical (unpaired) electrons. The minimum atomic E-state index is -2.46. The van der Waals surface area contributed by atoms with Gasteiger partial charge in [-0.05, 0) is 46.3 Å². The van der Waals surface area contributed by atoms with E-state index >= 15 is 0 Å². The second kappa shape index (κ2) is 12.1. The van der Waals surface area contributed by atoms with Crippen LogP contribution in [-0.4, -0.2) is 32.4 Å². The van der Waals surface area contributed by atoms with Gasteiger partial charge in [0.15, 0.2) is 0 Å². The Labute approximate surface area is 189 Å². The third-order valence-electron chi connectivity index (χ3n) is 5.98. The molecule has 0 saturated heterocycles. The van der Waals surface area contributed by atoms with Crippen LogP contribution in [0, 0.1) is 0 Å². The number of aliphatic hydroxyl groups is 1. The predicted octanol–water partition coefficient (Wildman–Crippen LogP) is 5.02. The zero-order valence-corrected chi connectivity index (χ0v) is 20.5. The third-order valence-corrected chi connectivity index (χ3v) is 11.0. The lowest BCUT2D eigenvalue weighted by atomic mass is 10.0. The molecule has 0 aliphatic heterocycles. The molecule has 0 bridgehead atoms. The predicted molar refractivity (Wildman–Crippen MR) is 132 cm³/mol. The van der Waals surface area contributed by atoms with Gasteiger partial charge in [0.05, 0.1) is 6.10 Å². The molecule has 2 rings (SSSR count). The van der Waals surface area contributed by atoms with Crippen molar-refractivity contribution in [3.63, 3.8) is 0 Å². The van der Waals surface area contributed by atoms with Crippen LogP contribution in [0.15, 0.2) is 72.3 Å². The number of hydrogen-bond acceptors (Lipinski definition) is 3. The number of carbonyl (C=O) groups is 1. The highest BCUT2D eigenvalue weighted by atomic mass is 28.4. The SMILES string of the molecule is CC/C(=C/C=O)C(O)CCCCCO[Si](c1ccccc1)(c1ccccc1)C(C)(C)C. The highest BCUT2D eigenvalue weighted by Gasteiger charge is 2.49. The number of rotatable bonds is 12. The van der Waals surface area contributed by atoms with Crippen molar-refractivity contribution >= 4 is 25.0 Å². The molecule has 168 valence electrons. The summed E-state index contributed by atoms with van der Waals surface area (Å²) < 4.78 is 6.90. The van der Waals surface area contributed by atoms with Crippen molar-refractivity contribution in [2.45, 2.75) is 70.9 Å². The molecule has 2 aromatic carbocycles. The first-order chi connectivity index (χ1) is 14.9. The second-order valence-electron chi connectivity index (χ2n) is 9.11. The van der Waals surface area contributed by atoms with Crippen molar-refractivity contribution in [1.29, 1.82) is 0 Å².